The summed E-state index contributed by atoms with van der Waals surface area (Å²) in [4.78, 5) is 4.32. The van der Waals surface area contributed by atoms with Gasteiger partial charge in [-0.15, -0.1) is 0 Å². The Balaban J connectivity index is 2.08. The van der Waals surface area contributed by atoms with Crippen molar-refractivity contribution < 1.29 is 4.74 Å². The van der Waals surface area contributed by atoms with E-state index in [9.17, 15) is 0 Å². The highest BCUT2D eigenvalue weighted by atomic mass is 35.5. The van der Waals surface area contributed by atoms with Gasteiger partial charge in [-0.25, -0.2) is 4.98 Å². The monoisotopic (exact) mass is 273 g/mol. The molecule has 0 saturated heterocycles. The zero-order valence-electron chi connectivity index (χ0n) is 10.6. The summed E-state index contributed by atoms with van der Waals surface area (Å²) < 4.78 is 7.64. The molecule has 0 aliphatic carbocycles. The first-order valence-corrected chi connectivity index (χ1v) is 6.24. The van der Waals surface area contributed by atoms with Gasteiger partial charge in [-0.3, -0.25) is 4.68 Å². The number of fused-ring (bicyclic) bond motifs is 1. The van der Waals surface area contributed by atoms with Crippen LogP contribution in [0, 0.1) is 6.92 Å². The number of hydrogen-bond acceptors (Lipinski definition) is 3. The summed E-state index contributed by atoms with van der Waals surface area (Å²) in [6, 6.07) is 9.10. The zero-order valence-corrected chi connectivity index (χ0v) is 11.3. The van der Waals surface area contributed by atoms with Crippen molar-refractivity contribution in [1.82, 2.24) is 14.8 Å². The summed E-state index contributed by atoms with van der Waals surface area (Å²) in [5.74, 6) is 1.48. The second-order valence-electron chi connectivity index (χ2n) is 4.27. The fourth-order valence-electron chi connectivity index (χ4n) is 2.06. The van der Waals surface area contributed by atoms with Crippen molar-refractivity contribution in [2.75, 3.05) is 0 Å². The number of hydrogen-bond donors (Lipinski definition) is 0. The molecule has 0 aliphatic heterocycles. The van der Waals surface area contributed by atoms with Crippen LogP contribution in [0.3, 0.4) is 0 Å². The van der Waals surface area contributed by atoms with Crippen LogP contribution in [-0.4, -0.2) is 14.8 Å². The smallest absolute Gasteiger partial charge is 0.161 e. The number of aryl methyl sites for hydroxylation is 2. The molecule has 0 aliphatic rings. The first-order valence-electron chi connectivity index (χ1n) is 5.87. The molecule has 19 heavy (non-hydrogen) atoms. The Hall–Kier alpha value is -2.07. The van der Waals surface area contributed by atoms with Crippen LogP contribution in [0.1, 0.15) is 5.69 Å². The van der Waals surface area contributed by atoms with Gasteiger partial charge >= 0.3 is 0 Å². The quantitative estimate of drug-likeness (QED) is 0.714. The van der Waals surface area contributed by atoms with E-state index >= 15 is 0 Å². The number of ether oxygens (including phenoxy) is 1. The molecule has 5 heteroatoms. The molecule has 2 heterocycles. The van der Waals surface area contributed by atoms with E-state index in [0.717, 1.165) is 28.2 Å². The van der Waals surface area contributed by atoms with Crippen molar-refractivity contribution in [2.45, 2.75) is 6.92 Å². The molecule has 0 atom stereocenters. The van der Waals surface area contributed by atoms with Crippen LogP contribution >= 0.6 is 11.6 Å². The van der Waals surface area contributed by atoms with Crippen LogP contribution in [0.4, 0.5) is 0 Å². The second-order valence-corrected chi connectivity index (χ2v) is 4.71. The lowest BCUT2D eigenvalue weighted by atomic mass is 10.2. The molecule has 4 nitrogen and oxygen atoms in total. The average molecular weight is 274 g/mol. The molecule has 96 valence electrons. The summed E-state index contributed by atoms with van der Waals surface area (Å²) in [5, 5.41) is 5.98. The highest BCUT2D eigenvalue weighted by Crippen LogP contribution is 2.31. The number of halogens is 1. The van der Waals surface area contributed by atoms with Crippen molar-refractivity contribution in [2.24, 2.45) is 7.05 Å². The van der Waals surface area contributed by atoms with Gasteiger partial charge in [-0.1, -0.05) is 11.6 Å². The summed E-state index contributed by atoms with van der Waals surface area (Å²) >= 11 is 5.86. The summed E-state index contributed by atoms with van der Waals surface area (Å²) in [7, 11) is 1.87. The van der Waals surface area contributed by atoms with E-state index in [1.165, 1.54) is 0 Å². The number of aromatic nitrogens is 3. The standard InChI is InChI=1S/C14H12ClN3O/c1-9-13-12(7-8-16-14(13)18(2)17-9)19-11-5-3-10(15)4-6-11/h3-8H,1-2H3. The third kappa shape index (κ3) is 2.15. The fraction of sp³-hybridized carbons (Fsp3) is 0.143. The van der Waals surface area contributed by atoms with Gasteiger partial charge in [0, 0.05) is 18.3 Å². The first-order chi connectivity index (χ1) is 9.15. The predicted molar refractivity (Wildman–Crippen MR) is 74.8 cm³/mol. The fourth-order valence-corrected chi connectivity index (χ4v) is 2.18. The maximum absolute atomic E-state index is 5.89. The molecule has 0 saturated carbocycles. The molecule has 3 rings (SSSR count). The molecule has 0 spiro atoms. The molecule has 0 bridgehead atoms. The highest BCUT2D eigenvalue weighted by Gasteiger charge is 2.12. The number of pyridine rings is 1. The van der Waals surface area contributed by atoms with Crippen molar-refractivity contribution in [1.29, 1.82) is 0 Å². The van der Waals surface area contributed by atoms with E-state index in [2.05, 4.69) is 10.1 Å². The predicted octanol–water partition coefficient (Wildman–Crippen LogP) is 3.72. The zero-order chi connectivity index (χ0) is 13.4. The van der Waals surface area contributed by atoms with Crippen LogP contribution in [0.15, 0.2) is 36.5 Å². The van der Waals surface area contributed by atoms with Crippen molar-refractivity contribution in [3.05, 3.63) is 47.2 Å². The normalized spacial score (nSPS) is 10.9. The molecule has 1 aromatic carbocycles. The van der Waals surface area contributed by atoms with E-state index < -0.39 is 0 Å². The first kappa shape index (κ1) is 12.0. The summed E-state index contributed by atoms with van der Waals surface area (Å²) in [5.41, 5.74) is 1.71. The Morgan fingerprint density at radius 2 is 1.89 bits per heavy atom. The number of nitrogens with zero attached hydrogens (tertiary/aromatic N) is 3. The van der Waals surface area contributed by atoms with Gasteiger partial charge in [0.15, 0.2) is 5.65 Å². The van der Waals surface area contributed by atoms with Crippen molar-refractivity contribution in [3.8, 4) is 11.5 Å². The minimum atomic E-state index is 0.685. The van der Waals surface area contributed by atoms with Crippen LogP contribution < -0.4 is 4.74 Å². The minimum Gasteiger partial charge on any atom is -0.456 e. The van der Waals surface area contributed by atoms with E-state index in [0.29, 0.717) is 5.02 Å². The van der Waals surface area contributed by atoms with Crippen molar-refractivity contribution in [3.63, 3.8) is 0 Å². The Kier molecular flexibility index (Phi) is 2.87. The molecule has 3 aromatic rings. The Morgan fingerprint density at radius 3 is 2.63 bits per heavy atom. The Labute approximate surface area is 115 Å². The van der Waals surface area contributed by atoms with Gasteiger partial charge in [0.1, 0.15) is 11.5 Å². The molecular formula is C14H12ClN3O. The van der Waals surface area contributed by atoms with E-state index in [1.54, 1.807) is 23.0 Å². The summed E-state index contributed by atoms with van der Waals surface area (Å²) in [6.07, 6.45) is 1.72. The minimum absolute atomic E-state index is 0.685. The van der Waals surface area contributed by atoms with Crippen LogP contribution in [0.25, 0.3) is 11.0 Å². The maximum atomic E-state index is 5.89. The highest BCUT2D eigenvalue weighted by molar-refractivity contribution is 6.30. The van der Waals surface area contributed by atoms with Crippen LogP contribution in [0.5, 0.6) is 11.5 Å². The number of rotatable bonds is 2. The van der Waals surface area contributed by atoms with Crippen LogP contribution in [0.2, 0.25) is 5.02 Å². The van der Waals surface area contributed by atoms with Gasteiger partial charge < -0.3 is 4.74 Å². The Bertz CT molecular complexity index is 734. The third-order valence-electron chi connectivity index (χ3n) is 2.90. The molecule has 0 unspecified atom stereocenters. The third-order valence-corrected chi connectivity index (χ3v) is 3.15. The van der Waals surface area contributed by atoms with Crippen LogP contribution in [-0.2, 0) is 7.05 Å². The maximum Gasteiger partial charge on any atom is 0.161 e. The second kappa shape index (κ2) is 4.55. The van der Waals surface area contributed by atoms with Gasteiger partial charge in [0.05, 0.1) is 11.1 Å². The molecule has 0 radical (unpaired) electrons. The SMILES string of the molecule is Cc1nn(C)c2nccc(Oc3ccc(Cl)cc3)c12. The van der Waals surface area contributed by atoms with Gasteiger partial charge in [-0.2, -0.15) is 5.10 Å². The molecule has 0 fully saturated rings. The topological polar surface area (TPSA) is 39.9 Å². The lowest BCUT2D eigenvalue weighted by Gasteiger charge is -2.07. The molecular weight excluding hydrogens is 262 g/mol. The summed E-state index contributed by atoms with van der Waals surface area (Å²) in [6.45, 7) is 1.94. The lowest BCUT2D eigenvalue weighted by Crippen LogP contribution is -1.92. The molecule has 0 amide bonds. The largest absolute Gasteiger partial charge is 0.456 e. The van der Waals surface area contributed by atoms with Gasteiger partial charge in [0.2, 0.25) is 0 Å². The molecule has 0 N–H and O–H groups in total. The lowest BCUT2D eigenvalue weighted by molar-refractivity contribution is 0.487. The van der Waals surface area contributed by atoms with E-state index in [4.69, 9.17) is 16.3 Å². The van der Waals surface area contributed by atoms with E-state index in [1.807, 2.05) is 32.2 Å². The van der Waals surface area contributed by atoms with E-state index in [-0.39, 0.29) is 0 Å². The molecule has 2 aromatic heterocycles. The number of benzene rings is 1. The Morgan fingerprint density at radius 1 is 1.16 bits per heavy atom. The average Bonchev–Trinajstić information content (AvgIpc) is 2.69. The van der Waals surface area contributed by atoms with Crippen molar-refractivity contribution >= 4 is 22.6 Å². The van der Waals surface area contributed by atoms with Gasteiger partial charge in [0.25, 0.3) is 0 Å². The van der Waals surface area contributed by atoms with Gasteiger partial charge in [-0.05, 0) is 37.3 Å².